The van der Waals surface area contributed by atoms with Crippen molar-refractivity contribution in [3.63, 3.8) is 0 Å². The molecule has 0 aromatic heterocycles. The van der Waals surface area contributed by atoms with Crippen molar-refractivity contribution in [1.82, 2.24) is 0 Å². The Bertz CT molecular complexity index is 318. The molecule has 1 unspecified atom stereocenters. The largest absolute Gasteiger partial charge is 0.454 e. The third-order valence-electron chi connectivity index (χ3n) is 2.10. The van der Waals surface area contributed by atoms with Crippen LogP contribution in [0.2, 0.25) is 0 Å². The van der Waals surface area contributed by atoms with Gasteiger partial charge in [-0.3, -0.25) is 0 Å². The van der Waals surface area contributed by atoms with E-state index in [1.165, 1.54) is 5.56 Å². The van der Waals surface area contributed by atoms with Crippen molar-refractivity contribution >= 4 is 0 Å². The lowest BCUT2D eigenvalue weighted by molar-refractivity contribution is 0.174. The molecule has 2 aliphatic rings. The van der Waals surface area contributed by atoms with Gasteiger partial charge in [0, 0.05) is 0 Å². The first-order valence-electron chi connectivity index (χ1n) is 3.94. The van der Waals surface area contributed by atoms with E-state index in [9.17, 15) is 0 Å². The molecule has 1 aromatic rings. The molecule has 0 bridgehead atoms. The van der Waals surface area contributed by atoms with Gasteiger partial charge in [0.1, 0.15) is 6.10 Å². The molecule has 1 fully saturated rings. The fourth-order valence-corrected chi connectivity index (χ4v) is 1.35. The average molecular weight is 164 g/mol. The molecular weight excluding hydrogens is 156 g/mol. The summed E-state index contributed by atoms with van der Waals surface area (Å²) in [6.07, 6.45) is 0.291. The van der Waals surface area contributed by atoms with Gasteiger partial charge in [0.15, 0.2) is 11.5 Å². The van der Waals surface area contributed by atoms with E-state index >= 15 is 0 Å². The molecule has 62 valence electrons. The molecule has 1 atom stereocenters. The highest BCUT2D eigenvalue weighted by Gasteiger charge is 2.26. The van der Waals surface area contributed by atoms with Crippen molar-refractivity contribution in [3.8, 4) is 11.5 Å². The summed E-state index contributed by atoms with van der Waals surface area (Å²) in [6, 6.07) is 5.94. The van der Waals surface area contributed by atoms with Gasteiger partial charge >= 0.3 is 0 Å². The molecule has 0 saturated carbocycles. The Kier molecular flexibility index (Phi) is 1.12. The predicted octanol–water partition coefficient (Wildman–Crippen LogP) is 1.49. The zero-order chi connectivity index (χ0) is 7.97. The quantitative estimate of drug-likeness (QED) is 0.589. The molecule has 1 aromatic carbocycles. The summed E-state index contributed by atoms with van der Waals surface area (Å²) in [4.78, 5) is 0. The summed E-state index contributed by atoms with van der Waals surface area (Å²) < 4.78 is 15.6. The van der Waals surface area contributed by atoms with Crippen LogP contribution < -0.4 is 9.47 Å². The van der Waals surface area contributed by atoms with Gasteiger partial charge in [0.25, 0.3) is 0 Å². The summed E-state index contributed by atoms with van der Waals surface area (Å²) >= 11 is 0. The number of ether oxygens (including phenoxy) is 3. The van der Waals surface area contributed by atoms with E-state index in [4.69, 9.17) is 14.2 Å². The van der Waals surface area contributed by atoms with Crippen LogP contribution in [-0.2, 0) is 4.74 Å². The fraction of sp³-hybridized carbons (Fsp3) is 0.333. The average Bonchev–Trinajstić information content (AvgIpc) is 2.84. The van der Waals surface area contributed by atoms with E-state index in [1.807, 2.05) is 18.2 Å². The summed E-state index contributed by atoms with van der Waals surface area (Å²) in [5.74, 6) is 1.67. The minimum atomic E-state index is 0.291. The molecular formula is C9H8O3. The van der Waals surface area contributed by atoms with Gasteiger partial charge in [0.05, 0.1) is 6.61 Å². The number of fused-ring (bicyclic) bond motifs is 1. The predicted molar refractivity (Wildman–Crippen MR) is 41.3 cm³/mol. The number of rotatable bonds is 1. The lowest BCUT2D eigenvalue weighted by atomic mass is 10.1. The van der Waals surface area contributed by atoms with E-state index in [0.717, 1.165) is 18.1 Å². The van der Waals surface area contributed by atoms with E-state index < -0.39 is 0 Å². The molecule has 3 rings (SSSR count). The van der Waals surface area contributed by atoms with E-state index in [2.05, 4.69) is 0 Å². The Labute approximate surface area is 69.9 Å². The van der Waals surface area contributed by atoms with Gasteiger partial charge in [-0.1, -0.05) is 6.07 Å². The van der Waals surface area contributed by atoms with Crippen LogP contribution in [-0.4, -0.2) is 13.4 Å². The number of epoxide rings is 1. The molecule has 0 spiro atoms. The van der Waals surface area contributed by atoms with Crippen molar-refractivity contribution in [2.45, 2.75) is 6.10 Å². The van der Waals surface area contributed by atoms with Crippen LogP contribution in [0.5, 0.6) is 11.5 Å². The Morgan fingerprint density at radius 3 is 2.83 bits per heavy atom. The first kappa shape index (κ1) is 6.31. The molecule has 0 radical (unpaired) electrons. The second-order valence-electron chi connectivity index (χ2n) is 2.93. The molecule has 12 heavy (non-hydrogen) atoms. The van der Waals surface area contributed by atoms with Crippen LogP contribution in [0.4, 0.5) is 0 Å². The highest BCUT2D eigenvalue weighted by molar-refractivity contribution is 5.45. The van der Waals surface area contributed by atoms with Crippen molar-refractivity contribution in [1.29, 1.82) is 0 Å². The molecule has 2 aliphatic heterocycles. The first-order valence-corrected chi connectivity index (χ1v) is 3.94. The minimum Gasteiger partial charge on any atom is -0.454 e. The zero-order valence-corrected chi connectivity index (χ0v) is 6.45. The summed E-state index contributed by atoms with van der Waals surface area (Å²) in [5.41, 5.74) is 1.18. The monoisotopic (exact) mass is 164 g/mol. The molecule has 0 amide bonds. The Morgan fingerprint density at radius 2 is 2.00 bits per heavy atom. The van der Waals surface area contributed by atoms with Crippen LogP contribution in [0.15, 0.2) is 18.2 Å². The number of benzene rings is 1. The topological polar surface area (TPSA) is 31.0 Å². The van der Waals surface area contributed by atoms with Crippen molar-refractivity contribution < 1.29 is 14.2 Å². The molecule has 3 heteroatoms. The van der Waals surface area contributed by atoms with Gasteiger partial charge in [-0.05, 0) is 17.7 Å². The van der Waals surface area contributed by atoms with E-state index in [-0.39, 0.29) is 0 Å². The van der Waals surface area contributed by atoms with Crippen molar-refractivity contribution in [2.24, 2.45) is 0 Å². The van der Waals surface area contributed by atoms with Crippen LogP contribution >= 0.6 is 0 Å². The summed E-state index contributed by atoms with van der Waals surface area (Å²) in [6.45, 7) is 1.17. The maximum Gasteiger partial charge on any atom is 0.231 e. The molecule has 0 aliphatic carbocycles. The summed E-state index contributed by atoms with van der Waals surface area (Å²) in [7, 11) is 0. The third kappa shape index (κ3) is 0.865. The van der Waals surface area contributed by atoms with Crippen LogP contribution in [0.25, 0.3) is 0 Å². The highest BCUT2D eigenvalue weighted by Crippen LogP contribution is 2.38. The summed E-state index contributed by atoms with van der Waals surface area (Å²) in [5, 5.41) is 0. The van der Waals surface area contributed by atoms with E-state index in [1.54, 1.807) is 0 Å². The first-order chi connectivity index (χ1) is 5.93. The lowest BCUT2D eigenvalue weighted by Crippen LogP contribution is -1.92. The Morgan fingerprint density at radius 1 is 1.17 bits per heavy atom. The van der Waals surface area contributed by atoms with Gasteiger partial charge < -0.3 is 14.2 Å². The van der Waals surface area contributed by atoms with Gasteiger partial charge in [0.2, 0.25) is 6.79 Å². The Balaban J connectivity index is 2.03. The van der Waals surface area contributed by atoms with E-state index in [0.29, 0.717) is 12.9 Å². The Hall–Kier alpha value is -1.22. The van der Waals surface area contributed by atoms with Crippen LogP contribution in [0.1, 0.15) is 11.7 Å². The number of hydrogen-bond acceptors (Lipinski definition) is 3. The van der Waals surface area contributed by atoms with Crippen LogP contribution in [0.3, 0.4) is 0 Å². The second-order valence-corrected chi connectivity index (χ2v) is 2.93. The van der Waals surface area contributed by atoms with Crippen molar-refractivity contribution in [3.05, 3.63) is 23.8 Å². The molecule has 2 heterocycles. The van der Waals surface area contributed by atoms with Crippen molar-refractivity contribution in [2.75, 3.05) is 13.4 Å². The smallest absolute Gasteiger partial charge is 0.231 e. The van der Waals surface area contributed by atoms with Gasteiger partial charge in [-0.2, -0.15) is 0 Å². The molecule has 0 N–H and O–H groups in total. The van der Waals surface area contributed by atoms with Crippen LogP contribution in [0, 0.1) is 0 Å². The second kappa shape index (κ2) is 2.14. The molecule has 3 nitrogen and oxygen atoms in total. The molecule has 1 saturated heterocycles. The number of hydrogen-bond donors (Lipinski definition) is 0. The SMILES string of the molecule is c1cc2c(cc1C1CO1)OCO2. The lowest BCUT2D eigenvalue weighted by Gasteiger charge is -1.97. The fourth-order valence-electron chi connectivity index (χ4n) is 1.35. The maximum atomic E-state index is 5.24. The zero-order valence-electron chi connectivity index (χ0n) is 6.45. The standard InChI is InChI=1S/C9H8O3/c1-2-7-8(12-5-11-7)3-6(1)9-4-10-9/h1-3,9H,4-5H2. The van der Waals surface area contributed by atoms with Gasteiger partial charge in [-0.25, -0.2) is 0 Å². The normalized spacial score (nSPS) is 24.2. The van der Waals surface area contributed by atoms with Gasteiger partial charge in [-0.15, -0.1) is 0 Å². The third-order valence-corrected chi connectivity index (χ3v) is 2.10. The highest BCUT2D eigenvalue weighted by atomic mass is 16.7. The minimum absolute atomic E-state index is 0.291. The maximum absolute atomic E-state index is 5.24.